The molecule has 0 aliphatic carbocycles. The third-order valence-corrected chi connectivity index (χ3v) is 6.21. The van der Waals surface area contributed by atoms with E-state index in [0.717, 1.165) is 15.3 Å². The number of anilines is 1. The Morgan fingerprint density at radius 3 is 2.44 bits per heavy atom. The molecule has 0 unspecified atom stereocenters. The topological polar surface area (TPSA) is 80.5 Å². The van der Waals surface area contributed by atoms with Gasteiger partial charge in [0.25, 0.3) is 15.7 Å². The van der Waals surface area contributed by atoms with Crippen molar-refractivity contribution in [2.45, 2.75) is 9.79 Å². The predicted octanol–water partition coefficient (Wildman–Crippen LogP) is 4.35. The standard InChI is InChI=1S/C16H15ClN2O4S2/c1-3-10-18(16-11-12(19(20)21)4-9-15(16)17)25(22,23)14-7-5-13(24-2)6-8-14/h3-9,11H,1,10H2,2H3. The Bertz CT molecular complexity index is 899. The molecule has 0 aromatic heterocycles. The van der Waals surface area contributed by atoms with Crippen molar-refractivity contribution in [3.63, 3.8) is 0 Å². The van der Waals surface area contributed by atoms with Crippen LogP contribution in [-0.2, 0) is 10.0 Å². The molecular weight excluding hydrogens is 384 g/mol. The van der Waals surface area contributed by atoms with Crippen LogP contribution in [0.3, 0.4) is 0 Å². The first-order chi connectivity index (χ1) is 11.8. The number of nitro groups is 1. The SMILES string of the molecule is C=CCN(c1cc([N+](=O)[O-])ccc1Cl)S(=O)(=O)c1ccc(SC)cc1. The molecule has 6 nitrogen and oxygen atoms in total. The van der Waals surface area contributed by atoms with Crippen molar-refractivity contribution in [3.8, 4) is 0 Å². The van der Waals surface area contributed by atoms with Crippen LogP contribution in [0.1, 0.15) is 0 Å². The maximum absolute atomic E-state index is 13.0. The molecule has 0 bridgehead atoms. The van der Waals surface area contributed by atoms with Crippen LogP contribution >= 0.6 is 23.4 Å². The van der Waals surface area contributed by atoms with Gasteiger partial charge in [0, 0.05) is 17.0 Å². The molecule has 132 valence electrons. The van der Waals surface area contributed by atoms with E-state index in [9.17, 15) is 18.5 Å². The van der Waals surface area contributed by atoms with Gasteiger partial charge in [-0.1, -0.05) is 17.7 Å². The summed E-state index contributed by atoms with van der Waals surface area (Å²) in [7, 11) is -3.96. The zero-order valence-electron chi connectivity index (χ0n) is 13.3. The second-order valence-electron chi connectivity index (χ2n) is 4.89. The summed E-state index contributed by atoms with van der Waals surface area (Å²) in [5.74, 6) is 0. The molecule has 0 fully saturated rings. The summed E-state index contributed by atoms with van der Waals surface area (Å²) < 4.78 is 27.0. The largest absolute Gasteiger partial charge is 0.271 e. The van der Waals surface area contributed by atoms with Gasteiger partial charge >= 0.3 is 0 Å². The summed E-state index contributed by atoms with van der Waals surface area (Å²) in [5, 5.41) is 11.1. The maximum atomic E-state index is 13.0. The van der Waals surface area contributed by atoms with E-state index in [1.807, 2.05) is 6.26 Å². The monoisotopic (exact) mass is 398 g/mol. The molecule has 2 aromatic rings. The highest BCUT2D eigenvalue weighted by Gasteiger charge is 2.27. The molecule has 0 N–H and O–H groups in total. The van der Waals surface area contributed by atoms with E-state index in [2.05, 4.69) is 6.58 Å². The van der Waals surface area contributed by atoms with Gasteiger partial charge in [0.1, 0.15) is 0 Å². The fraction of sp³-hybridized carbons (Fsp3) is 0.125. The number of hydrogen-bond donors (Lipinski definition) is 0. The summed E-state index contributed by atoms with van der Waals surface area (Å²) in [6, 6.07) is 10.0. The zero-order chi connectivity index (χ0) is 18.6. The molecule has 0 amide bonds. The van der Waals surface area contributed by atoms with Gasteiger partial charge in [-0.25, -0.2) is 8.42 Å². The highest BCUT2D eigenvalue weighted by Crippen LogP contribution is 2.34. The highest BCUT2D eigenvalue weighted by molar-refractivity contribution is 7.98. The molecule has 0 radical (unpaired) electrons. The second-order valence-corrected chi connectivity index (χ2v) is 8.04. The minimum Gasteiger partial charge on any atom is -0.261 e. The van der Waals surface area contributed by atoms with E-state index in [1.54, 1.807) is 12.1 Å². The van der Waals surface area contributed by atoms with Crippen LogP contribution in [-0.4, -0.2) is 26.1 Å². The first-order valence-corrected chi connectivity index (χ1v) is 10.1. The van der Waals surface area contributed by atoms with Crippen molar-refractivity contribution in [1.29, 1.82) is 0 Å². The number of hydrogen-bond acceptors (Lipinski definition) is 5. The van der Waals surface area contributed by atoms with Gasteiger partial charge in [-0.05, 0) is 36.6 Å². The second kappa shape index (κ2) is 7.90. The quantitative estimate of drug-likeness (QED) is 0.300. The zero-order valence-corrected chi connectivity index (χ0v) is 15.6. The van der Waals surface area contributed by atoms with Crippen molar-refractivity contribution in [3.05, 3.63) is 70.3 Å². The predicted molar refractivity (Wildman–Crippen MR) is 101 cm³/mol. The minimum atomic E-state index is -3.96. The number of thioether (sulfide) groups is 1. The van der Waals surface area contributed by atoms with Crippen LogP contribution in [0.4, 0.5) is 11.4 Å². The van der Waals surface area contributed by atoms with Gasteiger partial charge in [-0.15, -0.1) is 18.3 Å². The third kappa shape index (κ3) is 4.15. The van der Waals surface area contributed by atoms with E-state index in [4.69, 9.17) is 11.6 Å². The number of rotatable bonds is 7. The summed E-state index contributed by atoms with van der Waals surface area (Å²) in [6.45, 7) is 3.49. The lowest BCUT2D eigenvalue weighted by Crippen LogP contribution is -2.31. The lowest BCUT2D eigenvalue weighted by molar-refractivity contribution is -0.384. The number of non-ortho nitro benzene ring substituents is 1. The van der Waals surface area contributed by atoms with Crippen molar-refractivity contribution < 1.29 is 13.3 Å². The van der Waals surface area contributed by atoms with Gasteiger partial charge in [0.05, 0.1) is 27.1 Å². The Hall–Kier alpha value is -2.03. The Morgan fingerprint density at radius 2 is 1.92 bits per heavy atom. The summed E-state index contributed by atoms with van der Waals surface area (Å²) in [4.78, 5) is 11.4. The van der Waals surface area contributed by atoms with Gasteiger partial charge < -0.3 is 0 Å². The average molecular weight is 399 g/mol. The molecule has 2 rings (SSSR count). The maximum Gasteiger partial charge on any atom is 0.271 e. The van der Waals surface area contributed by atoms with Crippen molar-refractivity contribution >= 4 is 44.8 Å². The van der Waals surface area contributed by atoms with E-state index in [1.165, 1.54) is 42.1 Å². The van der Waals surface area contributed by atoms with Crippen LogP contribution in [0.15, 0.2) is 64.9 Å². The van der Waals surface area contributed by atoms with Crippen LogP contribution in [0.25, 0.3) is 0 Å². The third-order valence-electron chi connectivity index (χ3n) is 3.35. The van der Waals surface area contributed by atoms with Crippen LogP contribution in [0, 0.1) is 10.1 Å². The number of sulfonamides is 1. The highest BCUT2D eigenvalue weighted by atomic mass is 35.5. The van der Waals surface area contributed by atoms with Gasteiger partial charge in [0.2, 0.25) is 0 Å². The fourth-order valence-electron chi connectivity index (χ4n) is 2.12. The molecule has 0 atom stereocenters. The molecule has 0 aliphatic heterocycles. The first kappa shape index (κ1) is 19.3. The summed E-state index contributed by atoms with van der Waals surface area (Å²) >= 11 is 7.60. The van der Waals surface area contributed by atoms with E-state index < -0.39 is 14.9 Å². The summed E-state index contributed by atoms with van der Waals surface area (Å²) in [5.41, 5.74) is -0.217. The van der Waals surface area contributed by atoms with Crippen LogP contribution < -0.4 is 4.31 Å². The first-order valence-electron chi connectivity index (χ1n) is 7.03. The van der Waals surface area contributed by atoms with Crippen LogP contribution in [0.2, 0.25) is 5.02 Å². The van der Waals surface area contributed by atoms with Gasteiger partial charge in [0.15, 0.2) is 0 Å². The van der Waals surface area contributed by atoms with Gasteiger partial charge in [-0.3, -0.25) is 14.4 Å². The number of nitro benzene ring substituents is 1. The van der Waals surface area contributed by atoms with Crippen molar-refractivity contribution in [2.75, 3.05) is 17.1 Å². The molecule has 2 aromatic carbocycles. The summed E-state index contributed by atoms with van der Waals surface area (Å²) in [6.07, 6.45) is 3.28. The van der Waals surface area contributed by atoms with E-state index in [0.29, 0.717) is 0 Å². The Kier molecular flexibility index (Phi) is 6.10. The molecular formula is C16H15ClN2O4S2. The smallest absolute Gasteiger partial charge is 0.261 e. The van der Waals surface area contributed by atoms with Crippen molar-refractivity contribution in [1.82, 2.24) is 0 Å². The number of nitrogens with zero attached hydrogens (tertiary/aromatic N) is 2. The van der Waals surface area contributed by atoms with Crippen molar-refractivity contribution in [2.24, 2.45) is 0 Å². The Balaban J connectivity index is 2.58. The van der Waals surface area contributed by atoms with Crippen LogP contribution in [0.5, 0.6) is 0 Å². The average Bonchev–Trinajstić information content (AvgIpc) is 2.60. The van der Waals surface area contributed by atoms with Gasteiger partial charge in [-0.2, -0.15) is 0 Å². The number of benzene rings is 2. The van der Waals surface area contributed by atoms with E-state index in [-0.39, 0.29) is 27.8 Å². The Morgan fingerprint density at radius 1 is 1.28 bits per heavy atom. The van der Waals surface area contributed by atoms with E-state index >= 15 is 0 Å². The lowest BCUT2D eigenvalue weighted by atomic mass is 10.3. The molecule has 0 spiro atoms. The number of halogens is 1. The normalized spacial score (nSPS) is 11.1. The fourth-order valence-corrected chi connectivity index (χ4v) is 4.25. The molecule has 0 aliphatic rings. The molecule has 0 saturated heterocycles. The lowest BCUT2D eigenvalue weighted by Gasteiger charge is -2.24. The molecule has 25 heavy (non-hydrogen) atoms. The molecule has 0 heterocycles. The Labute approximate surface area is 155 Å². The minimum absolute atomic E-state index is 0.0321. The molecule has 0 saturated carbocycles. The molecule has 9 heteroatoms.